The topological polar surface area (TPSA) is 76.5 Å². The molecule has 1 aliphatic heterocycles. The van der Waals surface area contributed by atoms with Crippen molar-refractivity contribution in [2.24, 2.45) is 0 Å². The molecule has 1 aliphatic rings. The second-order valence-electron chi connectivity index (χ2n) is 9.51. The molecule has 0 aliphatic carbocycles. The van der Waals surface area contributed by atoms with Crippen LogP contribution in [0.2, 0.25) is 5.15 Å². The van der Waals surface area contributed by atoms with Gasteiger partial charge in [0.25, 0.3) is 0 Å². The van der Waals surface area contributed by atoms with Gasteiger partial charge in [-0.15, -0.1) is 0 Å². The van der Waals surface area contributed by atoms with Crippen molar-refractivity contribution in [3.63, 3.8) is 0 Å². The summed E-state index contributed by atoms with van der Waals surface area (Å²) in [5.41, 5.74) is 3.31. The number of aromatic nitrogens is 2. The Morgan fingerprint density at radius 1 is 1.18 bits per heavy atom. The minimum absolute atomic E-state index is 0.00424. The number of nitrogens with one attached hydrogen (secondary N) is 1. The van der Waals surface area contributed by atoms with Crippen molar-refractivity contribution >= 4 is 29.7 Å². The highest BCUT2D eigenvalue weighted by atomic mass is 35.5. The first-order valence-electron chi connectivity index (χ1n) is 11.3. The summed E-state index contributed by atoms with van der Waals surface area (Å²) >= 11 is 6.57. The maximum Gasteiger partial charge on any atom is 0.407 e. The second kappa shape index (κ2) is 10.4. The molecule has 0 bridgehead atoms. The highest BCUT2D eigenvalue weighted by Gasteiger charge is 2.25. The lowest BCUT2D eigenvalue weighted by molar-refractivity contribution is -0.127. The van der Waals surface area contributed by atoms with Gasteiger partial charge in [-0.3, -0.25) is 4.79 Å². The molecule has 0 radical (unpaired) electrons. The van der Waals surface area contributed by atoms with Gasteiger partial charge in [-0.1, -0.05) is 41.4 Å². The maximum absolute atomic E-state index is 12.7. The minimum atomic E-state index is -0.529. The third kappa shape index (κ3) is 7.09. The third-order valence-electron chi connectivity index (χ3n) is 5.48. The molecule has 2 amide bonds. The minimum Gasteiger partial charge on any atom is -0.444 e. The number of carbonyl (C=O) groups excluding carboxylic acids is 2. The van der Waals surface area contributed by atoms with Crippen molar-refractivity contribution in [3.05, 3.63) is 57.9 Å². The predicted octanol–water partition coefficient (Wildman–Crippen LogP) is 4.73. The SMILES string of the molecule is Cc1ccc(Cn2nc(C)c(/C=C/C(=O)N3CCC(NC(=O)OC(C)(C)C)CC3)c2Cl)cc1. The number of ether oxygens (including phenoxy) is 1. The molecular weight excluding hydrogens is 440 g/mol. The molecule has 1 aromatic carbocycles. The number of aryl methyl sites for hydroxylation is 2. The second-order valence-corrected chi connectivity index (χ2v) is 9.87. The molecule has 1 aromatic heterocycles. The lowest BCUT2D eigenvalue weighted by Crippen LogP contribution is -2.47. The van der Waals surface area contributed by atoms with Crippen molar-refractivity contribution in [2.75, 3.05) is 13.1 Å². The van der Waals surface area contributed by atoms with E-state index in [1.165, 1.54) is 5.56 Å². The summed E-state index contributed by atoms with van der Waals surface area (Å²) in [6, 6.07) is 8.24. The molecule has 1 fully saturated rings. The summed E-state index contributed by atoms with van der Waals surface area (Å²) in [4.78, 5) is 26.4. The van der Waals surface area contributed by atoms with Gasteiger partial charge in [0, 0.05) is 30.8 Å². The summed E-state index contributed by atoms with van der Waals surface area (Å²) in [6.07, 6.45) is 4.25. The van der Waals surface area contributed by atoms with E-state index in [0.717, 1.165) is 16.8 Å². The molecule has 0 saturated carbocycles. The Balaban J connectivity index is 1.55. The predicted molar refractivity (Wildman–Crippen MR) is 130 cm³/mol. The van der Waals surface area contributed by atoms with Crippen LogP contribution in [0.1, 0.15) is 56.0 Å². The molecule has 8 heteroatoms. The molecule has 0 unspecified atom stereocenters. The number of nitrogens with zero attached hydrogens (tertiary/aromatic N) is 3. The maximum atomic E-state index is 12.7. The van der Waals surface area contributed by atoms with Gasteiger partial charge in [0.05, 0.1) is 12.2 Å². The van der Waals surface area contributed by atoms with Crippen LogP contribution < -0.4 is 5.32 Å². The van der Waals surface area contributed by atoms with Crippen LogP contribution in [0.5, 0.6) is 0 Å². The molecule has 3 rings (SSSR count). The van der Waals surface area contributed by atoms with Crippen molar-refractivity contribution in [1.82, 2.24) is 20.0 Å². The monoisotopic (exact) mass is 472 g/mol. The van der Waals surface area contributed by atoms with E-state index in [9.17, 15) is 9.59 Å². The fourth-order valence-electron chi connectivity index (χ4n) is 3.71. The van der Waals surface area contributed by atoms with E-state index in [1.54, 1.807) is 21.7 Å². The smallest absolute Gasteiger partial charge is 0.407 e. The number of hydrogen-bond donors (Lipinski definition) is 1. The molecule has 0 spiro atoms. The molecule has 7 nitrogen and oxygen atoms in total. The Morgan fingerprint density at radius 2 is 1.82 bits per heavy atom. The normalized spacial score (nSPS) is 15.2. The number of hydrogen-bond acceptors (Lipinski definition) is 4. The molecule has 1 saturated heterocycles. The van der Waals surface area contributed by atoms with E-state index in [4.69, 9.17) is 16.3 Å². The van der Waals surface area contributed by atoms with Crippen LogP contribution in [0, 0.1) is 13.8 Å². The fourth-order valence-corrected chi connectivity index (χ4v) is 4.00. The third-order valence-corrected chi connectivity index (χ3v) is 5.88. The lowest BCUT2D eigenvalue weighted by Gasteiger charge is -2.32. The van der Waals surface area contributed by atoms with Crippen LogP contribution in [0.15, 0.2) is 30.3 Å². The average Bonchev–Trinajstić information content (AvgIpc) is 2.99. The zero-order valence-electron chi connectivity index (χ0n) is 20.0. The van der Waals surface area contributed by atoms with E-state index in [-0.39, 0.29) is 11.9 Å². The largest absolute Gasteiger partial charge is 0.444 e. The molecule has 2 heterocycles. The van der Waals surface area contributed by atoms with Crippen LogP contribution in [0.25, 0.3) is 6.08 Å². The zero-order chi connectivity index (χ0) is 24.2. The number of halogens is 1. The van der Waals surface area contributed by atoms with Gasteiger partial charge < -0.3 is 15.0 Å². The number of likely N-dealkylation sites (tertiary alicyclic amines) is 1. The summed E-state index contributed by atoms with van der Waals surface area (Å²) < 4.78 is 7.06. The quantitative estimate of drug-likeness (QED) is 0.638. The number of rotatable bonds is 5. The van der Waals surface area contributed by atoms with E-state index in [0.29, 0.717) is 37.6 Å². The number of amides is 2. The van der Waals surface area contributed by atoms with Crippen LogP contribution in [-0.2, 0) is 16.1 Å². The van der Waals surface area contributed by atoms with Gasteiger partial charge in [-0.25, -0.2) is 9.48 Å². The molecule has 178 valence electrons. The van der Waals surface area contributed by atoms with Crippen LogP contribution in [-0.4, -0.2) is 51.4 Å². The molecule has 0 atom stereocenters. The Bertz CT molecular complexity index is 1010. The first kappa shape index (κ1) is 24.8. The average molecular weight is 473 g/mol. The number of carbonyl (C=O) groups is 2. The van der Waals surface area contributed by atoms with E-state index < -0.39 is 11.7 Å². The van der Waals surface area contributed by atoms with Gasteiger partial charge in [0.1, 0.15) is 10.8 Å². The number of benzene rings is 1. The van der Waals surface area contributed by atoms with Crippen molar-refractivity contribution in [3.8, 4) is 0 Å². The van der Waals surface area contributed by atoms with Gasteiger partial charge in [-0.05, 0) is 59.1 Å². The first-order chi connectivity index (χ1) is 15.5. The van der Waals surface area contributed by atoms with Gasteiger partial charge in [-0.2, -0.15) is 5.10 Å². The van der Waals surface area contributed by atoms with Gasteiger partial charge in [0.15, 0.2) is 0 Å². The highest BCUT2D eigenvalue weighted by Crippen LogP contribution is 2.23. The van der Waals surface area contributed by atoms with Gasteiger partial charge in [0.2, 0.25) is 5.91 Å². The Morgan fingerprint density at radius 3 is 2.42 bits per heavy atom. The van der Waals surface area contributed by atoms with Gasteiger partial charge >= 0.3 is 6.09 Å². The molecule has 33 heavy (non-hydrogen) atoms. The number of piperidine rings is 1. The van der Waals surface area contributed by atoms with Crippen LogP contribution >= 0.6 is 11.6 Å². The van der Waals surface area contributed by atoms with Crippen molar-refractivity contribution in [2.45, 2.75) is 65.6 Å². The molecule has 1 N–H and O–H groups in total. The molecule has 2 aromatic rings. The first-order valence-corrected chi connectivity index (χ1v) is 11.6. The van der Waals surface area contributed by atoms with Crippen LogP contribution in [0.3, 0.4) is 0 Å². The highest BCUT2D eigenvalue weighted by molar-refractivity contribution is 6.31. The lowest BCUT2D eigenvalue weighted by atomic mass is 10.1. The summed E-state index contributed by atoms with van der Waals surface area (Å²) in [5.74, 6) is -0.0764. The Labute approximate surface area is 200 Å². The standard InChI is InChI=1S/C25H33ClN4O3/c1-17-6-8-19(9-7-17)16-30-23(26)21(18(2)28-30)10-11-22(31)29-14-12-20(13-15-29)27-24(32)33-25(3,4)5/h6-11,20H,12-16H2,1-5H3,(H,27,32)/b11-10+. The van der Waals surface area contributed by atoms with Crippen molar-refractivity contribution in [1.29, 1.82) is 0 Å². The van der Waals surface area contributed by atoms with Crippen molar-refractivity contribution < 1.29 is 14.3 Å². The van der Waals surface area contributed by atoms with E-state index in [2.05, 4.69) is 41.6 Å². The Kier molecular flexibility index (Phi) is 7.84. The zero-order valence-corrected chi connectivity index (χ0v) is 20.8. The van der Waals surface area contributed by atoms with E-state index >= 15 is 0 Å². The number of alkyl carbamates (subject to hydrolysis) is 1. The summed E-state index contributed by atoms with van der Waals surface area (Å²) in [7, 11) is 0. The Hall–Kier alpha value is -2.80. The van der Waals surface area contributed by atoms with E-state index in [1.807, 2.05) is 27.7 Å². The summed E-state index contributed by atoms with van der Waals surface area (Å²) in [5, 5.41) is 7.94. The summed E-state index contributed by atoms with van der Waals surface area (Å²) in [6.45, 7) is 11.2. The molecular formula is C25H33ClN4O3. The fraction of sp³-hybridized carbons (Fsp3) is 0.480. The van der Waals surface area contributed by atoms with Crippen LogP contribution in [0.4, 0.5) is 4.79 Å².